The summed E-state index contributed by atoms with van der Waals surface area (Å²) in [5.74, 6) is -1.33. The number of cyclic esters (lactones) is 1. The molecule has 0 saturated carbocycles. The molecular weight excluding hydrogens is 221 g/mol. The summed E-state index contributed by atoms with van der Waals surface area (Å²) in [4.78, 5) is 11.3. The topological polar surface area (TPSA) is 50.1 Å². The lowest BCUT2D eigenvalue weighted by molar-refractivity contribution is 0.0367. The van der Waals surface area contributed by atoms with Crippen LogP contribution in [0.15, 0.2) is 12.1 Å². The zero-order valence-corrected chi connectivity index (χ0v) is 8.21. The maximum Gasteiger partial charge on any atom is 0.339 e. The highest BCUT2D eigenvalue weighted by atomic mass is 35.5. The van der Waals surface area contributed by atoms with Gasteiger partial charge in [-0.3, -0.25) is 0 Å². The molecule has 1 aliphatic heterocycles. The van der Waals surface area contributed by atoms with E-state index in [0.29, 0.717) is 0 Å². The van der Waals surface area contributed by atoms with E-state index in [1.807, 2.05) is 0 Å². The summed E-state index contributed by atoms with van der Waals surface area (Å²) < 4.78 is 18.3. The number of rotatable bonds is 0. The monoisotopic (exact) mass is 225 g/mol. The minimum Gasteiger partial charge on any atom is -0.443 e. The smallest absolute Gasteiger partial charge is 0.339 e. The Morgan fingerprint density at radius 3 is 3.00 bits per heavy atom. The predicted molar refractivity (Wildman–Crippen MR) is 49.9 cm³/mol. The van der Waals surface area contributed by atoms with Gasteiger partial charge < -0.3 is 4.74 Å². The maximum atomic E-state index is 13.5. The highest BCUT2D eigenvalue weighted by Crippen LogP contribution is 2.27. The summed E-state index contributed by atoms with van der Waals surface area (Å²) in [6, 6.07) is 4.46. The second kappa shape index (κ2) is 3.52. The van der Waals surface area contributed by atoms with Crippen molar-refractivity contribution in [2.75, 3.05) is 0 Å². The van der Waals surface area contributed by atoms with Crippen LogP contribution in [0.25, 0.3) is 0 Å². The van der Waals surface area contributed by atoms with Gasteiger partial charge in [0.15, 0.2) is 6.10 Å². The number of benzene rings is 1. The van der Waals surface area contributed by atoms with Crippen LogP contribution in [-0.2, 0) is 11.2 Å². The van der Waals surface area contributed by atoms with Crippen LogP contribution in [0.5, 0.6) is 0 Å². The summed E-state index contributed by atoms with van der Waals surface area (Å²) >= 11 is 5.57. The molecule has 1 atom stereocenters. The van der Waals surface area contributed by atoms with Gasteiger partial charge in [0.1, 0.15) is 11.9 Å². The van der Waals surface area contributed by atoms with Crippen molar-refractivity contribution in [2.45, 2.75) is 12.5 Å². The van der Waals surface area contributed by atoms with Gasteiger partial charge in [0, 0.05) is 12.0 Å². The molecule has 1 aromatic rings. The Balaban J connectivity index is 2.57. The molecule has 0 aromatic heterocycles. The third kappa shape index (κ3) is 1.55. The second-order valence-corrected chi connectivity index (χ2v) is 3.52. The van der Waals surface area contributed by atoms with Crippen LogP contribution in [0.4, 0.5) is 4.39 Å². The van der Waals surface area contributed by atoms with Gasteiger partial charge in [-0.05, 0) is 12.1 Å². The number of carbonyl (C=O) groups is 1. The molecule has 1 heterocycles. The van der Waals surface area contributed by atoms with E-state index in [-0.39, 0.29) is 22.6 Å². The molecule has 1 unspecified atom stereocenters. The van der Waals surface area contributed by atoms with Crippen molar-refractivity contribution in [2.24, 2.45) is 0 Å². The Morgan fingerprint density at radius 2 is 2.33 bits per heavy atom. The lowest BCUT2D eigenvalue weighted by Crippen LogP contribution is -2.27. The SMILES string of the molecule is N#CC1Cc2c(ccc(Cl)c2F)C(=O)O1. The van der Waals surface area contributed by atoms with Crippen molar-refractivity contribution >= 4 is 17.6 Å². The molecule has 76 valence electrons. The molecule has 0 saturated heterocycles. The van der Waals surface area contributed by atoms with Gasteiger partial charge in [-0.25, -0.2) is 9.18 Å². The fourth-order valence-corrected chi connectivity index (χ4v) is 1.65. The fourth-order valence-electron chi connectivity index (χ4n) is 1.48. The summed E-state index contributed by atoms with van der Waals surface area (Å²) in [6.07, 6.45) is -0.887. The first-order valence-electron chi connectivity index (χ1n) is 4.21. The van der Waals surface area contributed by atoms with E-state index in [2.05, 4.69) is 0 Å². The standard InChI is InChI=1S/C10H5ClFNO2/c11-8-2-1-6-7(9(8)12)3-5(4-13)15-10(6)14/h1-2,5H,3H2. The number of ether oxygens (including phenoxy) is 1. The molecule has 1 aromatic carbocycles. The number of hydrogen-bond donors (Lipinski definition) is 0. The van der Waals surface area contributed by atoms with Crippen molar-refractivity contribution in [1.82, 2.24) is 0 Å². The molecule has 3 nitrogen and oxygen atoms in total. The van der Waals surface area contributed by atoms with E-state index in [1.165, 1.54) is 12.1 Å². The van der Waals surface area contributed by atoms with E-state index >= 15 is 0 Å². The third-order valence-corrected chi connectivity index (χ3v) is 2.49. The number of esters is 1. The van der Waals surface area contributed by atoms with Crippen LogP contribution in [0.2, 0.25) is 5.02 Å². The lowest BCUT2D eigenvalue weighted by Gasteiger charge is -2.20. The van der Waals surface area contributed by atoms with E-state index in [1.54, 1.807) is 6.07 Å². The molecule has 0 radical (unpaired) electrons. The molecule has 15 heavy (non-hydrogen) atoms. The molecule has 0 fully saturated rings. The highest BCUT2D eigenvalue weighted by molar-refractivity contribution is 6.31. The number of halogens is 2. The summed E-state index contributed by atoms with van der Waals surface area (Å²) in [7, 11) is 0. The Bertz CT molecular complexity index is 481. The average molecular weight is 226 g/mol. The Morgan fingerprint density at radius 1 is 1.60 bits per heavy atom. The first kappa shape index (κ1) is 9.94. The minimum absolute atomic E-state index is 0.0456. The average Bonchev–Trinajstić information content (AvgIpc) is 2.23. The molecule has 5 heteroatoms. The van der Waals surface area contributed by atoms with E-state index < -0.39 is 17.9 Å². The first-order valence-corrected chi connectivity index (χ1v) is 4.58. The molecular formula is C10H5ClFNO2. The van der Waals surface area contributed by atoms with Crippen LogP contribution < -0.4 is 0 Å². The van der Waals surface area contributed by atoms with Crippen molar-refractivity contribution in [3.8, 4) is 6.07 Å². The number of nitrogens with zero attached hydrogens (tertiary/aromatic N) is 1. The molecule has 0 amide bonds. The minimum atomic E-state index is -0.932. The van der Waals surface area contributed by atoms with Crippen LogP contribution in [0, 0.1) is 17.1 Å². The first-order chi connectivity index (χ1) is 7.13. The Labute approximate surface area is 90.0 Å². The van der Waals surface area contributed by atoms with Gasteiger partial charge in [-0.1, -0.05) is 11.6 Å². The number of fused-ring (bicyclic) bond motifs is 1. The lowest BCUT2D eigenvalue weighted by atomic mass is 9.98. The van der Waals surface area contributed by atoms with Gasteiger partial charge in [0.2, 0.25) is 0 Å². The van der Waals surface area contributed by atoms with Crippen LogP contribution >= 0.6 is 11.6 Å². The van der Waals surface area contributed by atoms with Gasteiger partial charge in [-0.15, -0.1) is 0 Å². The van der Waals surface area contributed by atoms with Crippen molar-refractivity contribution in [3.05, 3.63) is 34.1 Å². The van der Waals surface area contributed by atoms with E-state index in [0.717, 1.165) is 0 Å². The Kier molecular flexibility index (Phi) is 2.33. The Hall–Kier alpha value is -1.60. The summed E-state index contributed by atoms with van der Waals surface area (Å²) in [5.41, 5.74) is 0.300. The molecule has 0 aliphatic carbocycles. The van der Waals surface area contributed by atoms with Crippen LogP contribution in [-0.4, -0.2) is 12.1 Å². The molecule has 0 N–H and O–H groups in total. The fraction of sp³-hybridized carbons (Fsp3) is 0.200. The van der Waals surface area contributed by atoms with Crippen LogP contribution in [0.3, 0.4) is 0 Å². The number of carbonyl (C=O) groups excluding carboxylic acids is 1. The third-order valence-electron chi connectivity index (χ3n) is 2.20. The highest BCUT2D eigenvalue weighted by Gasteiger charge is 2.29. The predicted octanol–water partition coefficient (Wildman–Crippen LogP) is 2.08. The number of nitriles is 1. The molecule has 1 aliphatic rings. The number of hydrogen-bond acceptors (Lipinski definition) is 3. The zero-order valence-electron chi connectivity index (χ0n) is 7.46. The maximum absolute atomic E-state index is 13.5. The quantitative estimate of drug-likeness (QED) is 0.635. The van der Waals surface area contributed by atoms with E-state index in [4.69, 9.17) is 21.6 Å². The van der Waals surface area contributed by atoms with Gasteiger partial charge >= 0.3 is 5.97 Å². The largest absolute Gasteiger partial charge is 0.443 e. The van der Waals surface area contributed by atoms with Crippen molar-refractivity contribution in [1.29, 1.82) is 5.26 Å². The van der Waals surface area contributed by atoms with Crippen LogP contribution in [0.1, 0.15) is 15.9 Å². The van der Waals surface area contributed by atoms with E-state index in [9.17, 15) is 9.18 Å². The molecule has 0 spiro atoms. The van der Waals surface area contributed by atoms with Gasteiger partial charge in [0.05, 0.1) is 10.6 Å². The van der Waals surface area contributed by atoms with Gasteiger partial charge in [-0.2, -0.15) is 5.26 Å². The molecule has 0 bridgehead atoms. The summed E-state index contributed by atoms with van der Waals surface area (Å²) in [6.45, 7) is 0. The van der Waals surface area contributed by atoms with Crippen molar-refractivity contribution in [3.63, 3.8) is 0 Å². The normalized spacial score (nSPS) is 19.0. The van der Waals surface area contributed by atoms with Crippen molar-refractivity contribution < 1.29 is 13.9 Å². The second-order valence-electron chi connectivity index (χ2n) is 3.11. The summed E-state index contributed by atoms with van der Waals surface area (Å²) in [5, 5.41) is 8.56. The zero-order chi connectivity index (χ0) is 11.0. The molecule has 2 rings (SSSR count). The van der Waals surface area contributed by atoms with Gasteiger partial charge in [0.25, 0.3) is 0 Å².